The normalized spacial score (nSPS) is 11.5. The molecule has 4 nitrogen and oxygen atoms in total. The standard InChI is InChI=1S/C17H25NO3/c1-5-18(11-13(2)3)12-15-10-16(21-4)8-6-14(15)7-9-17(19)20/h6-10,13H,5,11-12H2,1-4H3,(H,19,20). The van der Waals surface area contributed by atoms with Crippen molar-refractivity contribution >= 4 is 12.0 Å². The fourth-order valence-electron chi connectivity index (χ4n) is 2.23. The second-order valence-electron chi connectivity index (χ2n) is 5.46. The first-order valence-electron chi connectivity index (χ1n) is 7.26. The molecule has 1 rings (SSSR count). The molecule has 0 heterocycles. The van der Waals surface area contributed by atoms with E-state index in [1.165, 1.54) is 6.08 Å². The van der Waals surface area contributed by atoms with E-state index in [2.05, 4.69) is 25.7 Å². The SMILES string of the molecule is CCN(Cc1cc(OC)ccc1C=CC(=O)O)CC(C)C. The van der Waals surface area contributed by atoms with Crippen molar-refractivity contribution in [1.29, 1.82) is 0 Å². The lowest BCUT2D eigenvalue weighted by molar-refractivity contribution is -0.131. The Morgan fingerprint density at radius 3 is 2.67 bits per heavy atom. The van der Waals surface area contributed by atoms with E-state index in [0.29, 0.717) is 5.92 Å². The summed E-state index contributed by atoms with van der Waals surface area (Å²) in [5.41, 5.74) is 2.00. The van der Waals surface area contributed by atoms with E-state index in [1.807, 2.05) is 18.2 Å². The van der Waals surface area contributed by atoms with Crippen molar-refractivity contribution in [1.82, 2.24) is 4.90 Å². The van der Waals surface area contributed by atoms with Gasteiger partial charge < -0.3 is 9.84 Å². The molecule has 0 atom stereocenters. The average molecular weight is 291 g/mol. The van der Waals surface area contributed by atoms with Crippen molar-refractivity contribution in [2.45, 2.75) is 27.3 Å². The predicted octanol–water partition coefficient (Wildman–Crippen LogP) is 3.27. The molecular formula is C17H25NO3. The summed E-state index contributed by atoms with van der Waals surface area (Å²) >= 11 is 0. The van der Waals surface area contributed by atoms with E-state index >= 15 is 0 Å². The highest BCUT2D eigenvalue weighted by molar-refractivity contribution is 5.85. The maximum atomic E-state index is 10.7. The van der Waals surface area contributed by atoms with Crippen LogP contribution in [0.15, 0.2) is 24.3 Å². The first-order valence-corrected chi connectivity index (χ1v) is 7.26. The fraction of sp³-hybridized carbons (Fsp3) is 0.471. The van der Waals surface area contributed by atoms with Gasteiger partial charge in [0.25, 0.3) is 0 Å². The second-order valence-corrected chi connectivity index (χ2v) is 5.46. The van der Waals surface area contributed by atoms with Crippen LogP contribution >= 0.6 is 0 Å². The molecule has 0 aromatic heterocycles. The summed E-state index contributed by atoms with van der Waals surface area (Å²) in [6.45, 7) is 9.27. The molecule has 0 fully saturated rings. The van der Waals surface area contributed by atoms with E-state index in [9.17, 15) is 4.79 Å². The summed E-state index contributed by atoms with van der Waals surface area (Å²) in [5.74, 6) is 0.443. The van der Waals surface area contributed by atoms with E-state index < -0.39 is 5.97 Å². The van der Waals surface area contributed by atoms with Crippen LogP contribution < -0.4 is 4.74 Å². The third kappa shape index (κ3) is 6.00. The van der Waals surface area contributed by atoms with Gasteiger partial charge in [0.1, 0.15) is 5.75 Å². The van der Waals surface area contributed by atoms with Crippen LogP contribution in [-0.2, 0) is 11.3 Å². The van der Waals surface area contributed by atoms with Gasteiger partial charge in [-0.05, 0) is 41.8 Å². The molecule has 0 unspecified atom stereocenters. The van der Waals surface area contributed by atoms with Crippen LogP contribution in [0.25, 0.3) is 6.08 Å². The molecule has 21 heavy (non-hydrogen) atoms. The van der Waals surface area contributed by atoms with Crippen LogP contribution in [0.2, 0.25) is 0 Å². The van der Waals surface area contributed by atoms with Crippen molar-refractivity contribution in [2.24, 2.45) is 5.92 Å². The van der Waals surface area contributed by atoms with Crippen molar-refractivity contribution in [3.8, 4) is 5.75 Å². The lowest BCUT2D eigenvalue weighted by Gasteiger charge is -2.23. The summed E-state index contributed by atoms with van der Waals surface area (Å²) in [5, 5.41) is 8.79. The zero-order valence-corrected chi connectivity index (χ0v) is 13.3. The third-order valence-corrected chi connectivity index (χ3v) is 3.22. The minimum atomic E-state index is -0.939. The minimum absolute atomic E-state index is 0.591. The summed E-state index contributed by atoms with van der Waals surface area (Å²) in [4.78, 5) is 13.1. The number of methoxy groups -OCH3 is 1. The maximum Gasteiger partial charge on any atom is 0.328 e. The number of aliphatic carboxylic acids is 1. The largest absolute Gasteiger partial charge is 0.497 e. The Morgan fingerprint density at radius 2 is 2.14 bits per heavy atom. The van der Waals surface area contributed by atoms with Crippen molar-refractivity contribution in [3.63, 3.8) is 0 Å². The Morgan fingerprint density at radius 1 is 1.43 bits per heavy atom. The number of ether oxygens (including phenoxy) is 1. The fourth-order valence-corrected chi connectivity index (χ4v) is 2.23. The quantitative estimate of drug-likeness (QED) is 0.747. The molecule has 0 saturated carbocycles. The van der Waals surface area contributed by atoms with Gasteiger partial charge in [-0.2, -0.15) is 0 Å². The highest BCUT2D eigenvalue weighted by atomic mass is 16.5. The van der Waals surface area contributed by atoms with Crippen LogP contribution in [0, 0.1) is 5.92 Å². The van der Waals surface area contributed by atoms with Crippen LogP contribution in [-0.4, -0.2) is 36.2 Å². The lowest BCUT2D eigenvalue weighted by atomic mass is 10.0. The van der Waals surface area contributed by atoms with Gasteiger partial charge in [-0.1, -0.05) is 26.8 Å². The molecule has 4 heteroatoms. The number of nitrogens with zero attached hydrogens (tertiary/aromatic N) is 1. The van der Waals surface area contributed by atoms with Crippen molar-refractivity contribution in [2.75, 3.05) is 20.2 Å². The maximum absolute atomic E-state index is 10.7. The lowest BCUT2D eigenvalue weighted by Crippen LogP contribution is -2.27. The van der Waals surface area contributed by atoms with E-state index in [1.54, 1.807) is 13.2 Å². The molecular weight excluding hydrogens is 266 g/mol. The predicted molar refractivity (Wildman–Crippen MR) is 85.5 cm³/mol. The number of hydrogen-bond acceptors (Lipinski definition) is 3. The summed E-state index contributed by atoms with van der Waals surface area (Å²) < 4.78 is 5.27. The molecule has 0 amide bonds. The number of carbonyl (C=O) groups is 1. The van der Waals surface area contributed by atoms with Gasteiger partial charge in [0.2, 0.25) is 0 Å². The number of benzene rings is 1. The molecule has 1 aromatic rings. The van der Waals surface area contributed by atoms with Crippen LogP contribution in [0.5, 0.6) is 5.75 Å². The summed E-state index contributed by atoms with van der Waals surface area (Å²) in [7, 11) is 1.64. The molecule has 1 aromatic carbocycles. The van der Waals surface area contributed by atoms with Gasteiger partial charge in [-0.15, -0.1) is 0 Å². The Balaban J connectivity index is 3.02. The zero-order valence-electron chi connectivity index (χ0n) is 13.3. The molecule has 0 aliphatic heterocycles. The van der Waals surface area contributed by atoms with Crippen LogP contribution in [0.3, 0.4) is 0 Å². The topological polar surface area (TPSA) is 49.8 Å². The third-order valence-electron chi connectivity index (χ3n) is 3.22. The molecule has 0 aliphatic rings. The first kappa shape index (κ1) is 17.2. The highest BCUT2D eigenvalue weighted by Gasteiger charge is 2.10. The van der Waals surface area contributed by atoms with Crippen molar-refractivity contribution in [3.05, 3.63) is 35.4 Å². The number of carboxylic acid groups (broad SMARTS) is 1. The first-order chi connectivity index (χ1) is 9.96. The van der Waals surface area contributed by atoms with Gasteiger partial charge in [0.15, 0.2) is 0 Å². The van der Waals surface area contributed by atoms with Gasteiger partial charge in [-0.25, -0.2) is 4.79 Å². The Kier molecular flexibility index (Phi) is 6.96. The number of carboxylic acids is 1. The minimum Gasteiger partial charge on any atom is -0.497 e. The second kappa shape index (κ2) is 8.47. The molecule has 0 bridgehead atoms. The smallest absolute Gasteiger partial charge is 0.328 e. The zero-order chi connectivity index (χ0) is 15.8. The van der Waals surface area contributed by atoms with E-state index in [-0.39, 0.29) is 0 Å². The molecule has 0 radical (unpaired) electrons. The molecule has 1 N–H and O–H groups in total. The monoisotopic (exact) mass is 291 g/mol. The van der Waals surface area contributed by atoms with E-state index in [0.717, 1.165) is 36.5 Å². The summed E-state index contributed by atoms with van der Waals surface area (Å²) in [6.07, 6.45) is 2.81. The highest BCUT2D eigenvalue weighted by Crippen LogP contribution is 2.21. The van der Waals surface area contributed by atoms with Crippen LogP contribution in [0.1, 0.15) is 31.9 Å². The van der Waals surface area contributed by atoms with Gasteiger partial charge >= 0.3 is 5.97 Å². The van der Waals surface area contributed by atoms with E-state index in [4.69, 9.17) is 9.84 Å². The Hall–Kier alpha value is -1.81. The molecule has 0 aliphatic carbocycles. The number of hydrogen-bond donors (Lipinski definition) is 1. The number of rotatable bonds is 8. The Bertz CT molecular complexity index is 495. The molecule has 116 valence electrons. The Labute approximate surface area is 127 Å². The van der Waals surface area contributed by atoms with Gasteiger partial charge in [0.05, 0.1) is 7.11 Å². The average Bonchev–Trinajstić information content (AvgIpc) is 2.44. The molecule has 0 spiro atoms. The van der Waals surface area contributed by atoms with Gasteiger partial charge in [-0.3, -0.25) is 4.90 Å². The molecule has 0 saturated heterocycles. The van der Waals surface area contributed by atoms with Crippen LogP contribution in [0.4, 0.5) is 0 Å². The van der Waals surface area contributed by atoms with Gasteiger partial charge in [0, 0.05) is 19.2 Å². The van der Waals surface area contributed by atoms with Crippen molar-refractivity contribution < 1.29 is 14.6 Å². The summed E-state index contributed by atoms with van der Waals surface area (Å²) in [6, 6.07) is 5.73.